The molecule has 0 aromatic heterocycles. The first-order chi connectivity index (χ1) is 8.05. The summed E-state index contributed by atoms with van der Waals surface area (Å²) in [4.78, 5) is 13.5. The van der Waals surface area contributed by atoms with Gasteiger partial charge in [0.05, 0.1) is 18.1 Å². The van der Waals surface area contributed by atoms with Crippen molar-refractivity contribution in [2.75, 3.05) is 24.6 Å². The minimum absolute atomic E-state index is 0.0779. The van der Waals surface area contributed by atoms with Crippen molar-refractivity contribution in [3.63, 3.8) is 0 Å². The van der Waals surface area contributed by atoms with Crippen LogP contribution >= 0.6 is 0 Å². The minimum Gasteiger partial charge on any atom is -0.364 e. The van der Waals surface area contributed by atoms with Crippen molar-refractivity contribution in [2.45, 2.75) is 12.5 Å². The van der Waals surface area contributed by atoms with Crippen LogP contribution in [0.1, 0.15) is 6.42 Å². The largest absolute Gasteiger partial charge is 0.364 e. The van der Waals surface area contributed by atoms with Gasteiger partial charge in [0, 0.05) is 12.6 Å². The van der Waals surface area contributed by atoms with E-state index in [-0.39, 0.29) is 30.0 Å². The second kappa shape index (κ2) is 4.91. The molecule has 5 nitrogen and oxygen atoms in total. The Bertz CT molecular complexity index is 453. The zero-order chi connectivity index (χ0) is 12.3. The van der Waals surface area contributed by atoms with E-state index in [0.717, 1.165) is 0 Å². The number of rotatable bonds is 3. The Morgan fingerprint density at radius 1 is 1.41 bits per heavy atom. The maximum absolute atomic E-state index is 11.7. The van der Waals surface area contributed by atoms with Crippen LogP contribution in [0.5, 0.6) is 0 Å². The predicted octanol–water partition coefficient (Wildman–Crippen LogP) is -0.325. The van der Waals surface area contributed by atoms with E-state index in [9.17, 15) is 13.2 Å². The molecule has 94 valence electrons. The van der Waals surface area contributed by atoms with Crippen LogP contribution in [-0.2, 0) is 14.6 Å². The number of nitrogens with zero attached hydrogens (tertiary/aromatic N) is 1. The summed E-state index contributed by atoms with van der Waals surface area (Å²) in [7, 11) is -2.93. The smallest absolute Gasteiger partial charge is 0.239 e. The van der Waals surface area contributed by atoms with E-state index in [1.54, 1.807) is 0 Å². The van der Waals surface area contributed by atoms with Gasteiger partial charge < -0.3 is 10.2 Å². The molecule has 0 aromatic rings. The number of sulfone groups is 1. The van der Waals surface area contributed by atoms with Crippen molar-refractivity contribution >= 4 is 15.7 Å². The molecule has 2 aliphatic heterocycles. The second-order valence-electron chi connectivity index (χ2n) is 4.37. The lowest BCUT2D eigenvalue weighted by molar-refractivity contribution is -0.122. The normalized spacial score (nSPS) is 26.1. The molecule has 1 amide bonds. The van der Waals surface area contributed by atoms with E-state index in [0.29, 0.717) is 13.0 Å². The van der Waals surface area contributed by atoms with Gasteiger partial charge in [-0.25, -0.2) is 8.42 Å². The summed E-state index contributed by atoms with van der Waals surface area (Å²) in [6, 6.07) is -0.211. The SMILES string of the molecule is O=C(CN1C=CC=CC1)NC1CCS(=O)(=O)C1. The Morgan fingerprint density at radius 2 is 2.24 bits per heavy atom. The Kier molecular flexibility index (Phi) is 3.51. The Labute approximate surface area is 101 Å². The minimum atomic E-state index is -2.93. The highest BCUT2D eigenvalue weighted by Gasteiger charge is 2.28. The Morgan fingerprint density at radius 3 is 2.82 bits per heavy atom. The summed E-state index contributed by atoms with van der Waals surface area (Å²) >= 11 is 0. The van der Waals surface area contributed by atoms with Crippen LogP contribution in [0.2, 0.25) is 0 Å². The van der Waals surface area contributed by atoms with Gasteiger partial charge in [-0.2, -0.15) is 0 Å². The molecule has 1 fully saturated rings. The van der Waals surface area contributed by atoms with E-state index < -0.39 is 9.84 Å². The molecule has 1 unspecified atom stereocenters. The van der Waals surface area contributed by atoms with Crippen LogP contribution in [0, 0.1) is 0 Å². The van der Waals surface area contributed by atoms with Gasteiger partial charge in [-0.1, -0.05) is 12.2 Å². The molecular weight excluding hydrogens is 240 g/mol. The molecule has 0 bridgehead atoms. The molecule has 2 rings (SSSR count). The fourth-order valence-corrected chi connectivity index (χ4v) is 3.66. The van der Waals surface area contributed by atoms with Gasteiger partial charge in [-0.15, -0.1) is 0 Å². The number of carbonyl (C=O) groups excluding carboxylic acids is 1. The lowest BCUT2D eigenvalue weighted by Crippen LogP contribution is -2.41. The molecule has 0 saturated carbocycles. The van der Waals surface area contributed by atoms with Gasteiger partial charge >= 0.3 is 0 Å². The molecule has 1 N–H and O–H groups in total. The maximum atomic E-state index is 11.7. The van der Waals surface area contributed by atoms with Crippen LogP contribution in [0.15, 0.2) is 24.4 Å². The first-order valence-electron chi connectivity index (χ1n) is 5.62. The monoisotopic (exact) mass is 256 g/mol. The average Bonchev–Trinajstić information content (AvgIpc) is 2.59. The predicted molar refractivity (Wildman–Crippen MR) is 65.1 cm³/mol. The summed E-state index contributed by atoms with van der Waals surface area (Å²) in [6.07, 6.45) is 8.15. The van der Waals surface area contributed by atoms with Gasteiger partial charge in [-0.05, 0) is 18.7 Å². The van der Waals surface area contributed by atoms with E-state index >= 15 is 0 Å². The second-order valence-corrected chi connectivity index (χ2v) is 6.60. The fraction of sp³-hybridized carbons (Fsp3) is 0.545. The molecule has 0 aliphatic carbocycles. The summed E-state index contributed by atoms with van der Waals surface area (Å²) in [5.41, 5.74) is 0. The zero-order valence-corrected chi connectivity index (χ0v) is 10.3. The van der Waals surface area contributed by atoms with Crippen LogP contribution in [-0.4, -0.2) is 49.9 Å². The van der Waals surface area contributed by atoms with Crippen LogP contribution in [0.3, 0.4) is 0 Å². The van der Waals surface area contributed by atoms with E-state index in [4.69, 9.17) is 0 Å². The molecule has 1 atom stereocenters. The van der Waals surface area contributed by atoms with E-state index in [1.807, 2.05) is 29.3 Å². The fourth-order valence-electron chi connectivity index (χ4n) is 1.99. The van der Waals surface area contributed by atoms with Gasteiger partial charge in [-0.3, -0.25) is 4.79 Å². The van der Waals surface area contributed by atoms with Crippen LogP contribution < -0.4 is 5.32 Å². The Balaban J connectivity index is 1.78. The molecule has 2 aliphatic rings. The number of hydrogen-bond acceptors (Lipinski definition) is 4. The van der Waals surface area contributed by atoms with Gasteiger partial charge in [0.25, 0.3) is 0 Å². The first-order valence-corrected chi connectivity index (χ1v) is 7.44. The molecule has 1 saturated heterocycles. The van der Waals surface area contributed by atoms with Crippen LogP contribution in [0.25, 0.3) is 0 Å². The highest BCUT2D eigenvalue weighted by atomic mass is 32.2. The van der Waals surface area contributed by atoms with Gasteiger partial charge in [0.2, 0.25) is 5.91 Å². The van der Waals surface area contributed by atoms with Crippen molar-refractivity contribution < 1.29 is 13.2 Å². The first kappa shape index (κ1) is 12.2. The van der Waals surface area contributed by atoms with E-state index in [2.05, 4.69) is 5.32 Å². The Hall–Kier alpha value is -1.30. The average molecular weight is 256 g/mol. The summed E-state index contributed by atoms with van der Waals surface area (Å²) in [6.45, 7) is 0.990. The standard InChI is InChI=1S/C11H16N2O3S/c14-11(8-13-5-2-1-3-6-13)12-10-4-7-17(15,16)9-10/h1-3,5,10H,4,6-9H2,(H,12,14). The maximum Gasteiger partial charge on any atom is 0.239 e. The number of carbonyl (C=O) groups is 1. The van der Waals surface area contributed by atoms with Crippen molar-refractivity contribution in [3.8, 4) is 0 Å². The van der Waals surface area contributed by atoms with Crippen molar-refractivity contribution in [2.24, 2.45) is 0 Å². The van der Waals surface area contributed by atoms with Crippen molar-refractivity contribution in [1.29, 1.82) is 0 Å². The lowest BCUT2D eigenvalue weighted by Gasteiger charge is -2.20. The highest BCUT2D eigenvalue weighted by Crippen LogP contribution is 2.11. The van der Waals surface area contributed by atoms with Gasteiger partial charge in [0.1, 0.15) is 0 Å². The van der Waals surface area contributed by atoms with Crippen molar-refractivity contribution in [3.05, 3.63) is 24.4 Å². The third-order valence-electron chi connectivity index (χ3n) is 2.83. The highest BCUT2D eigenvalue weighted by molar-refractivity contribution is 7.91. The molecular formula is C11H16N2O3S. The molecule has 17 heavy (non-hydrogen) atoms. The topological polar surface area (TPSA) is 66.5 Å². The molecule has 6 heteroatoms. The molecule has 0 spiro atoms. The van der Waals surface area contributed by atoms with Gasteiger partial charge in [0.15, 0.2) is 9.84 Å². The number of allylic oxidation sites excluding steroid dienone is 2. The summed E-state index contributed by atoms with van der Waals surface area (Å²) in [5.74, 6) is 0.144. The summed E-state index contributed by atoms with van der Waals surface area (Å²) in [5, 5.41) is 2.76. The molecule has 2 heterocycles. The lowest BCUT2D eigenvalue weighted by atomic mass is 10.2. The number of amides is 1. The quantitative estimate of drug-likeness (QED) is 0.751. The van der Waals surface area contributed by atoms with Crippen LogP contribution in [0.4, 0.5) is 0 Å². The zero-order valence-electron chi connectivity index (χ0n) is 9.50. The molecule has 0 aromatic carbocycles. The third-order valence-corrected chi connectivity index (χ3v) is 4.60. The number of nitrogens with one attached hydrogen (secondary N) is 1. The third kappa shape index (κ3) is 3.59. The van der Waals surface area contributed by atoms with E-state index in [1.165, 1.54) is 0 Å². The molecule has 0 radical (unpaired) electrons. The van der Waals surface area contributed by atoms with Crippen molar-refractivity contribution in [1.82, 2.24) is 10.2 Å². The number of hydrogen-bond donors (Lipinski definition) is 1. The summed E-state index contributed by atoms with van der Waals surface area (Å²) < 4.78 is 22.5.